The van der Waals surface area contributed by atoms with Gasteiger partial charge in [-0.25, -0.2) is 4.98 Å². The number of nitrogen functional groups attached to an aromatic ring is 1. The van der Waals surface area contributed by atoms with Gasteiger partial charge in [-0.05, 0) is 37.3 Å². The average Bonchev–Trinajstić information content (AvgIpc) is 2.45. The Morgan fingerprint density at radius 1 is 1.50 bits per heavy atom. The van der Waals surface area contributed by atoms with E-state index in [1.54, 1.807) is 11.0 Å². The molecule has 1 saturated heterocycles. The van der Waals surface area contributed by atoms with E-state index in [4.69, 9.17) is 5.73 Å². The van der Waals surface area contributed by atoms with Crippen molar-refractivity contribution in [1.29, 1.82) is 0 Å². The maximum absolute atomic E-state index is 12.6. The van der Waals surface area contributed by atoms with Crippen LogP contribution in [0.3, 0.4) is 0 Å². The lowest BCUT2D eigenvalue weighted by Crippen LogP contribution is -2.45. The van der Waals surface area contributed by atoms with Crippen molar-refractivity contribution in [2.75, 3.05) is 18.9 Å². The molecule has 1 aliphatic rings. The molecule has 0 saturated carbocycles. The number of amides is 1. The van der Waals surface area contributed by atoms with E-state index >= 15 is 0 Å². The van der Waals surface area contributed by atoms with Crippen molar-refractivity contribution in [3.8, 4) is 0 Å². The van der Waals surface area contributed by atoms with Crippen molar-refractivity contribution in [3.05, 3.63) is 23.4 Å². The summed E-state index contributed by atoms with van der Waals surface area (Å²) in [7, 11) is 0. The number of hydrogen-bond donors (Lipinski definition) is 2. The predicted molar refractivity (Wildman–Crippen MR) is 78.5 cm³/mol. The molecule has 0 aromatic carbocycles. The molecule has 5 heteroatoms. The van der Waals surface area contributed by atoms with E-state index in [9.17, 15) is 9.90 Å². The zero-order valence-corrected chi connectivity index (χ0v) is 12.2. The molecule has 2 heterocycles. The van der Waals surface area contributed by atoms with Crippen molar-refractivity contribution in [1.82, 2.24) is 9.88 Å². The van der Waals surface area contributed by atoms with Crippen LogP contribution in [0.2, 0.25) is 0 Å². The monoisotopic (exact) mass is 277 g/mol. The Morgan fingerprint density at radius 3 is 2.90 bits per heavy atom. The maximum Gasteiger partial charge on any atom is 0.254 e. The van der Waals surface area contributed by atoms with Gasteiger partial charge in [-0.2, -0.15) is 0 Å². The van der Waals surface area contributed by atoms with Gasteiger partial charge in [0.05, 0.1) is 12.6 Å². The molecule has 3 N–H and O–H groups in total. The molecule has 1 fully saturated rings. The third-order valence-electron chi connectivity index (χ3n) is 3.80. The third-order valence-corrected chi connectivity index (χ3v) is 3.80. The van der Waals surface area contributed by atoms with Crippen LogP contribution >= 0.6 is 0 Å². The Bertz CT molecular complexity index is 488. The number of aliphatic hydroxyl groups is 1. The lowest BCUT2D eigenvalue weighted by atomic mass is 10.0. The number of piperidine rings is 1. The number of pyridine rings is 1. The van der Waals surface area contributed by atoms with Gasteiger partial charge in [0.1, 0.15) is 5.82 Å². The number of nitrogens with zero attached hydrogens (tertiary/aromatic N) is 2. The van der Waals surface area contributed by atoms with Crippen LogP contribution in [0.1, 0.15) is 55.1 Å². The highest BCUT2D eigenvalue weighted by atomic mass is 16.3. The summed E-state index contributed by atoms with van der Waals surface area (Å²) in [5.41, 5.74) is 7.20. The second-order valence-electron chi connectivity index (χ2n) is 5.69. The number of aliphatic hydroxyl groups excluding tert-OH is 1. The number of carbonyl (C=O) groups excluding carboxylic acids is 1. The quantitative estimate of drug-likeness (QED) is 0.882. The lowest BCUT2D eigenvalue weighted by Gasteiger charge is -2.34. The van der Waals surface area contributed by atoms with Crippen LogP contribution in [-0.2, 0) is 0 Å². The molecule has 1 aromatic heterocycles. The highest BCUT2D eigenvalue weighted by Crippen LogP contribution is 2.22. The Labute approximate surface area is 119 Å². The normalized spacial score (nSPS) is 19.4. The van der Waals surface area contributed by atoms with Gasteiger partial charge >= 0.3 is 0 Å². The summed E-state index contributed by atoms with van der Waals surface area (Å²) in [5.74, 6) is 0.539. The Kier molecular flexibility index (Phi) is 4.60. The number of hydrogen-bond acceptors (Lipinski definition) is 4. The summed E-state index contributed by atoms with van der Waals surface area (Å²) in [4.78, 5) is 18.7. The van der Waals surface area contributed by atoms with Gasteiger partial charge in [-0.15, -0.1) is 0 Å². The van der Waals surface area contributed by atoms with Crippen LogP contribution in [-0.4, -0.2) is 40.1 Å². The molecule has 20 heavy (non-hydrogen) atoms. The summed E-state index contributed by atoms with van der Waals surface area (Å²) in [5, 5.41) is 9.42. The van der Waals surface area contributed by atoms with Crippen molar-refractivity contribution in [2.24, 2.45) is 0 Å². The molecule has 1 unspecified atom stereocenters. The second kappa shape index (κ2) is 6.22. The van der Waals surface area contributed by atoms with Crippen molar-refractivity contribution < 1.29 is 9.90 Å². The fraction of sp³-hybridized carbons (Fsp3) is 0.600. The van der Waals surface area contributed by atoms with E-state index < -0.39 is 0 Å². The van der Waals surface area contributed by atoms with Crippen molar-refractivity contribution in [2.45, 2.75) is 45.1 Å². The minimum atomic E-state index is -0.0758. The molecule has 0 spiro atoms. The van der Waals surface area contributed by atoms with Crippen LogP contribution in [0.4, 0.5) is 5.82 Å². The van der Waals surface area contributed by atoms with Crippen LogP contribution < -0.4 is 5.73 Å². The summed E-state index contributed by atoms with van der Waals surface area (Å²) < 4.78 is 0. The maximum atomic E-state index is 12.6. The first kappa shape index (κ1) is 14.8. The number of anilines is 1. The van der Waals surface area contributed by atoms with Crippen LogP contribution in [0, 0.1) is 0 Å². The number of aromatic nitrogens is 1. The van der Waals surface area contributed by atoms with E-state index in [-0.39, 0.29) is 24.5 Å². The molecule has 1 aliphatic heterocycles. The topological polar surface area (TPSA) is 79.5 Å². The molecule has 110 valence electrons. The van der Waals surface area contributed by atoms with Gasteiger partial charge < -0.3 is 15.7 Å². The predicted octanol–water partition coefficient (Wildman–Crippen LogP) is 1.77. The number of rotatable bonds is 3. The Morgan fingerprint density at radius 2 is 2.25 bits per heavy atom. The zero-order valence-electron chi connectivity index (χ0n) is 12.2. The van der Waals surface area contributed by atoms with E-state index in [0.29, 0.717) is 17.9 Å². The van der Waals surface area contributed by atoms with Gasteiger partial charge in [0.2, 0.25) is 0 Å². The fourth-order valence-corrected chi connectivity index (χ4v) is 2.62. The molecule has 1 aromatic rings. The SMILES string of the molecule is CC(C)c1cc(C(=O)N2CCCCC2CO)cc(N)n1. The minimum absolute atomic E-state index is 0.0172. The lowest BCUT2D eigenvalue weighted by molar-refractivity contribution is 0.0503. The van der Waals surface area contributed by atoms with Gasteiger partial charge in [0.15, 0.2) is 0 Å². The fourth-order valence-electron chi connectivity index (χ4n) is 2.62. The standard InChI is InChI=1S/C15H23N3O2/c1-10(2)13-7-11(8-14(16)17-13)15(20)18-6-4-3-5-12(18)9-19/h7-8,10,12,19H,3-6,9H2,1-2H3,(H2,16,17). The van der Waals surface area contributed by atoms with Crippen LogP contribution in [0.15, 0.2) is 12.1 Å². The average molecular weight is 277 g/mol. The summed E-state index contributed by atoms with van der Waals surface area (Å²) >= 11 is 0. The number of likely N-dealkylation sites (tertiary alicyclic amines) is 1. The molecule has 5 nitrogen and oxygen atoms in total. The molecular formula is C15H23N3O2. The minimum Gasteiger partial charge on any atom is -0.394 e. The molecule has 0 bridgehead atoms. The first-order valence-corrected chi connectivity index (χ1v) is 7.22. The Hall–Kier alpha value is -1.62. The Balaban J connectivity index is 2.27. The van der Waals surface area contributed by atoms with Gasteiger partial charge in [-0.3, -0.25) is 4.79 Å². The van der Waals surface area contributed by atoms with Crippen molar-refractivity contribution in [3.63, 3.8) is 0 Å². The molecule has 1 amide bonds. The first-order chi connectivity index (χ1) is 9.52. The third kappa shape index (κ3) is 3.10. The highest BCUT2D eigenvalue weighted by Gasteiger charge is 2.27. The molecule has 2 rings (SSSR count). The van der Waals surface area contributed by atoms with Gasteiger partial charge in [0, 0.05) is 17.8 Å². The largest absolute Gasteiger partial charge is 0.394 e. The smallest absolute Gasteiger partial charge is 0.254 e. The number of nitrogens with two attached hydrogens (primary N) is 1. The van der Waals surface area contributed by atoms with E-state index in [1.807, 2.05) is 19.9 Å². The summed E-state index contributed by atoms with van der Waals surface area (Å²) in [6.45, 7) is 4.76. The molecule has 0 radical (unpaired) electrons. The van der Waals surface area contributed by atoms with Crippen LogP contribution in [0.5, 0.6) is 0 Å². The van der Waals surface area contributed by atoms with Crippen LogP contribution in [0.25, 0.3) is 0 Å². The number of carbonyl (C=O) groups is 1. The van der Waals surface area contributed by atoms with E-state index in [2.05, 4.69) is 4.98 Å². The van der Waals surface area contributed by atoms with E-state index in [0.717, 1.165) is 25.0 Å². The summed E-state index contributed by atoms with van der Waals surface area (Å²) in [6.07, 6.45) is 2.91. The van der Waals surface area contributed by atoms with Gasteiger partial charge in [-0.1, -0.05) is 13.8 Å². The highest BCUT2D eigenvalue weighted by molar-refractivity contribution is 5.95. The first-order valence-electron chi connectivity index (χ1n) is 7.22. The second-order valence-corrected chi connectivity index (χ2v) is 5.69. The molecular weight excluding hydrogens is 254 g/mol. The zero-order chi connectivity index (χ0) is 14.7. The summed E-state index contributed by atoms with van der Waals surface area (Å²) in [6, 6.07) is 3.36. The van der Waals surface area contributed by atoms with Crippen molar-refractivity contribution >= 4 is 11.7 Å². The van der Waals surface area contributed by atoms with Gasteiger partial charge in [0.25, 0.3) is 5.91 Å². The molecule has 0 aliphatic carbocycles. The molecule has 1 atom stereocenters. The van der Waals surface area contributed by atoms with E-state index in [1.165, 1.54) is 0 Å².